The molecule has 1 heterocycles. The lowest BCUT2D eigenvalue weighted by atomic mass is 9.95. The number of rotatable bonds is 50. The van der Waals surface area contributed by atoms with Crippen LogP contribution in [0.3, 0.4) is 0 Å². The minimum Gasteiger partial charge on any atom is -0.465 e. The van der Waals surface area contributed by atoms with Crippen molar-refractivity contribution in [3.05, 3.63) is 18.2 Å². The summed E-state index contributed by atoms with van der Waals surface area (Å²) in [6.45, 7) is 15.3. The van der Waals surface area contributed by atoms with Gasteiger partial charge < -0.3 is 48.2 Å². The van der Waals surface area contributed by atoms with Gasteiger partial charge in [-0.2, -0.15) is 0 Å². The van der Waals surface area contributed by atoms with E-state index in [0.717, 1.165) is 116 Å². The first kappa shape index (κ1) is 60.4. The van der Waals surface area contributed by atoms with Crippen molar-refractivity contribution < 1.29 is 52.3 Å². The summed E-state index contributed by atoms with van der Waals surface area (Å²) in [7, 11) is 0. The first-order valence-corrected chi connectivity index (χ1v) is 26.1. The number of amides is 1. The minimum absolute atomic E-state index is 0.00604. The second kappa shape index (κ2) is 46.5. The minimum atomic E-state index is -0.216. The van der Waals surface area contributed by atoms with E-state index in [1.807, 2.05) is 0 Å². The number of aromatic nitrogens is 2. The van der Waals surface area contributed by atoms with Crippen LogP contribution >= 0.6 is 0 Å². The van der Waals surface area contributed by atoms with Crippen LogP contribution in [0, 0.1) is 11.8 Å². The number of imidazole rings is 1. The third-order valence-electron chi connectivity index (χ3n) is 11.4. The number of esters is 2. The lowest BCUT2D eigenvalue weighted by Gasteiger charge is -2.19. The molecule has 0 aromatic carbocycles. The molecular weight excluding hydrogens is 831 g/mol. The third kappa shape index (κ3) is 37.1. The number of unbranched alkanes of at least 4 members (excludes halogenated alkanes) is 14. The van der Waals surface area contributed by atoms with Crippen LogP contribution < -0.4 is 5.32 Å². The smallest absolute Gasteiger partial charge is 0.308 e. The molecule has 0 radical (unpaired) electrons. The Labute approximate surface area is 394 Å². The molecule has 14 heteroatoms. The van der Waals surface area contributed by atoms with Crippen LogP contribution in [0.1, 0.15) is 192 Å². The van der Waals surface area contributed by atoms with Gasteiger partial charge in [0.1, 0.15) is 11.8 Å². The standard InChI is InChI=1S/C51H95N3O11/c1-5-9-13-19-27-45(25-11-7-3)50(56)64-32-23-16-15-21-30-61-42-47(63-31-22-17-18-24-33-65-51(57)46(26-12-8-4)28-20-14-10-6-2)43-62-40-39-60-38-37-59-36-35-58-34-29-53-49(55)48-41-52-44-54-48/h41,44-47H,5-40,42-43H2,1-4H3,(H,52,54)(H,53,55). The fourth-order valence-corrected chi connectivity index (χ4v) is 7.29. The molecule has 1 aromatic heterocycles. The van der Waals surface area contributed by atoms with Gasteiger partial charge in [-0.1, -0.05) is 118 Å². The highest BCUT2D eigenvalue weighted by Crippen LogP contribution is 2.21. The van der Waals surface area contributed by atoms with Crippen molar-refractivity contribution in [1.29, 1.82) is 0 Å². The Kier molecular flexibility index (Phi) is 43.2. The molecule has 2 N–H and O–H groups in total. The molecule has 0 bridgehead atoms. The number of hydrogen-bond donors (Lipinski definition) is 2. The zero-order chi connectivity index (χ0) is 47.1. The van der Waals surface area contributed by atoms with Gasteiger partial charge in [0.05, 0.1) is 97.0 Å². The summed E-state index contributed by atoms with van der Waals surface area (Å²) < 4.78 is 46.4. The van der Waals surface area contributed by atoms with Gasteiger partial charge in [0.2, 0.25) is 0 Å². The Hall–Kier alpha value is -2.62. The van der Waals surface area contributed by atoms with Crippen LogP contribution in [0.4, 0.5) is 0 Å². The quantitative estimate of drug-likeness (QED) is 0.0470. The highest BCUT2D eigenvalue weighted by Gasteiger charge is 2.20. The molecule has 0 aliphatic heterocycles. The average molecular weight is 926 g/mol. The van der Waals surface area contributed by atoms with Crippen molar-refractivity contribution in [1.82, 2.24) is 15.3 Å². The summed E-state index contributed by atoms with van der Waals surface area (Å²) in [5.74, 6) is -0.140. The molecule has 1 rings (SSSR count). The van der Waals surface area contributed by atoms with E-state index in [-0.39, 0.29) is 35.8 Å². The molecule has 380 valence electrons. The molecule has 0 spiro atoms. The number of H-pyrrole nitrogens is 1. The molecule has 0 saturated heterocycles. The van der Waals surface area contributed by atoms with Gasteiger partial charge in [-0.15, -0.1) is 0 Å². The second-order valence-electron chi connectivity index (χ2n) is 17.2. The van der Waals surface area contributed by atoms with E-state index in [4.69, 9.17) is 37.9 Å². The van der Waals surface area contributed by atoms with E-state index < -0.39 is 0 Å². The zero-order valence-electron chi connectivity index (χ0n) is 41.7. The monoisotopic (exact) mass is 926 g/mol. The van der Waals surface area contributed by atoms with Crippen LogP contribution in [0.5, 0.6) is 0 Å². The van der Waals surface area contributed by atoms with Gasteiger partial charge in [-0.3, -0.25) is 14.4 Å². The molecule has 0 aliphatic rings. The van der Waals surface area contributed by atoms with Crippen molar-refractivity contribution in [3.63, 3.8) is 0 Å². The maximum atomic E-state index is 12.8. The molecule has 0 saturated carbocycles. The molecule has 1 amide bonds. The molecule has 0 aliphatic carbocycles. The maximum Gasteiger partial charge on any atom is 0.308 e. The number of carbonyl (C=O) groups excluding carboxylic acids is 3. The Morgan fingerprint density at radius 2 is 0.923 bits per heavy atom. The molecule has 1 aromatic rings. The molecular formula is C51H95N3O11. The van der Waals surface area contributed by atoms with Gasteiger partial charge in [-0.25, -0.2) is 4.98 Å². The number of nitrogens with zero attached hydrogens (tertiary/aromatic N) is 1. The zero-order valence-corrected chi connectivity index (χ0v) is 41.7. The van der Waals surface area contributed by atoms with Gasteiger partial charge in [0.25, 0.3) is 5.91 Å². The first-order valence-electron chi connectivity index (χ1n) is 26.1. The molecule has 3 atom stereocenters. The highest BCUT2D eigenvalue weighted by atomic mass is 16.6. The lowest BCUT2D eigenvalue weighted by molar-refractivity contribution is -0.150. The Bertz CT molecular complexity index is 1190. The molecule has 3 unspecified atom stereocenters. The molecule has 65 heavy (non-hydrogen) atoms. The van der Waals surface area contributed by atoms with Crippen molar-refractivity contribution in [2.24, 2.45) is 11.8 Å². The largest absolute Gasteiger partial charge is 0.465 e. The van der Waals surface area contributed by atoms with Crippen molar-refractivity contribution >= 4 is 17.8 Å². The average Bonchev–Trinajstić information content (AvgIpc) is 3.86. The number of carbonyl (C=O) groups is 3. The van der Waals surface area contributed by atoms with E-state index in [0.29, 0.717) is 98.1 Å². The molecule has 14 nitrogen and oxygen atoms in total. The summed E-state index contributed by atoms with van der Waals surface area (Å²) >= 11 is 0. The number of hydrogen-bond acceptors (Lipinski definition) is 12. The predicted molar refractivity (Wildman–Crippen MR) is 257 cm³/mol. The van der Waals surface area contributed by atoms with Crippen molar-refractivity contribution in [2.45, 2.75) is 188 Å². The Morgan fingerprint density at radius 1 is 0.492 bits per heavy atom. The van der Waals surface area contributed by atoms with Gasteiger partial charge >= 0.3 is 11.9 Å². The topological polar surface area (TPSA) is 166 Å². The summed E-state index contributed by atoms with van der Waals surface area (Å²) in [6, 6.07) is 0. The summed E-state index contributed by atoms with van der Waals surface area (Å²) in [6.07, 6.45) is 28.0. The fraction of sp³-hybridized carbons (Fsp3) is 0.882. The maximum absolute atomic E-state index is 12.8. The van der Waals surface area contributed by atoms with Crippen LogP contribution in [0.15, 0.2) is 12.5 Å². The Morgan fingerprint density at radius 3 is 1.42 bits per heavy atom. The van der Waals surface area contributed by atoms with E-state index in [9.17, 15) is 14.4 Å². The first-order chi connectivity index (χ1) is 32.0. The van der Waals surface area contributed by atoms with Crippen molar-refractivity contribution in [3.8, 4) is 0 Å². The van der Waals surface area contributed by atoms with Crippen molar-refractivity contribution in [2.75, 3.05) is 92.4 Å². The van der Waals surface area contributed by atoms with Gasteiger partial charge in [0, 0.05) is 19.8 Å². The summed E-state index contributed by atoms with van der Waals surface area (Å²) in [4.78, 5) is 44.0. The predicted octanol–water partition coefficient (Wildman–Crippen LogP) is 10.4. The fourth-order valence-electron chi connectivity index (χ4n) is 7.29. The SMILES string of the molecule is CCCCCCC(CCCC)C(=O)OCCCCCCOCC(COCCOCCOCCOCCNC(=O)c1cnc[nH]1)OCCCCCCOC(=O)C(CCCC)CCCCCC. The van der Waals surface area contributed by atoms with E-state index in [1.165, 1.54) is 51.0 Å². The normalized spacial score (nSPS) is 12.9. The van der Waals surface area contributed by atoms with Crippen LogP contribution in [-0.2, 0) is 47.5 Å². The van der Waals surface area contributed by atoms with E-state index >= 15 is 0 Å². The third-order valence-corrected chi connectivity index (χ3v) is 11.4. The Balaban J connectivity index is 2.30. The van der Waals surface area contributed by atoms with Gasteiger partial charge in [0.15, 0.2) is 0 Å². The van der Waals surface area contributed by atoms with Gasteiger partial charge in [-0.05, 0) is 64.2 Å². The lowest BCUT2D eigenvalue weighted by Crippen LogP contribution is -2.28. The van der Waals surface area contributed by atoms with Crippen LogP contribution in [0.2, 0.25) is 0 Å². The molecule has 0 fully saturated rings. The van der Waals surface area contributed by atoms with Crippen LogP contribution in [-0.4, -0.2) is 126 Å². The number of nitrogens with one attached hydrogen (secondary N) is 2. The van der Waals surface area contributed by atoms with E-state index in [2.05, 4.69) is 43.0 Å². The second-order valence-corrected chi connectivity index (χ2v) is 17.2. The summed E-state index contributed by atoms with van der Waals surface area (Å²) in [5.41, 5.74) is 0.417. The highest BCUT2D eigenvalue weighted by molar-refractivity contribution is 5.91. The van der Waals surface area contributed by atoms with E-state index in [1.54, 1.807) is 0 Å². The summed E-state index contributed by atoms with van der Waals surface area (Å²) in [5, 5.41) is 2.75. The number of aromatic amines is 1. The number of ether oxygens (including phenoxy) is 8. The van der Waals surface area contributed by atoms with Crippen LogP contribution in [0.25, 0.3) is 0 Å².